The Labute approximate surface area is 113 Å². The van der Waals surface area contributed by atoms with E-state index in [9.17, 15) is 13.2 Å². The van der Waals surface area contributed by atoms with E-state index >= 15 is 0 Å². The van der Waals surface area contributed by atoms with Crippen molar-refractivity contribution in [3.63, 3.8) is 0 Å². The van der Waals surface area contributed by atoms with Crippen molar-refractivity contribution in [2.75, 3.05) is 13.1 Å². The van der Waals surface area contributed by atoms with Crippen molar-refractivity contribution >= 4 is 0 Å². The Kier molecular flexibility index (Phi) is 3.01. The van der Waals surface area contributed by atoms with Crippen molar-refractivity contribution in [2.24, 2.45) is 0 Å². The second-order valence-electron chi connectivity index (χ2n) is 4.87. The number of hydrogen-bond donors (Lipinski definition) is 1. The van der Waals surface area contributed by atoms with Crippen molar-refractivity contribution in [3.8, 4) is 5.69 Å². The highest BCUT2D eigenvalue weighted by molar-refractivity contribution is 5.34. The van der Waals surface area contributed by atoms with Crippen LogP contribution in [0.2, 0.25) is 0 Å². The maximum absolute atomic E-state index is 13.6. The summed E-state index contributed by atoms with van der Waals surface area (Å²) in [7, 11) is 0. The highest BCUT2D eigenvalue weighted by Crippen LogP contribution is 2.44. The highest BCUT2D eigenvalue weighted by Gasteiger charge is 2.60. The maximum atomic E-state index is 13.6. The first-order chi connectivity index (χ1) is 9.55. The molecule has 4 nitrogen and oxygen atoms in total. The van der Waals surface area contributed by atoms with Crippen LogP contribution in [-0.4, -0.2) is 34.0 Å². The van der Waals surface area contributed by atoms with Gasteiger partial charge in [0.1, 0.15) is 11.7 Å². The zero-order valence-corrected chi connectivity index (χ0v) is 10.6. The summed E-state index contributed by atoms with van der Waals surface area (Å²) in [6.07, 6.45) is -3.06. The van der Waals surface area contributed by atoms with E-state index in [2.05, 4.69) is 15.5 Å². The van der Waals surface area contributed by atoms with Crippen LogP contribution in [0.1, 0.15) is 12.2 Å². The van der Waals surface area contributed by atoms with Gasteiger partial charge in [0.05, 0.1) is 0 Å². The van der Waals surface area contributed by atoms with Crippen LogP contribution in [0.5, 0.6) is 0 Å². The second-order valence-corrected chi connectivity index (χ2v) is 4.87. The summed E-state index contributed by atoms with van der Waals surface area (Å²) in [5.74, 6) is -0.0544. The third-order valence-electron chi connectivity index (χ3n) is 3.71. The average molecular weight is 282 g/mol. The first kappa shape index (κ1) is 13.1. The summed E-state index contributed by atoms with van der Waals surface area (Å²) in [6.45, 7) is 0.156. The van der Waals surface area contributed by atoms with Crippen LogP contribution in [0, 0.1) is 0 Å². The fourth-order valence-corrected chi connectivity index (χ4v) is 2.59. The smallest absolute Gasteiger partial charge is 0.315 e. The predicted molar refractivity (Wildman–Crippen MR) is 66.6 cm³/mol. The first-order valence-corrected chi connectivity index (χ1v) is 6.28. The summed E-state index contributed by atoms with van der Waals surface area (Å²) in [5.41, 5.74) is -1.35. The minimum Gasteiger partial charge on any atom is -0.315 e. The summed E-state index contributed by atoms with van der Waals surface area (Å²) >= 11 is 0. The van der Waals surface area contributed by atoms with E-state index in [1.54, 1.807) is 24.3 Å². The van der Waals surface area contributed by atoms with E-state index in [0.29, 0.717) is 12.2 Å². The summed E-state index contributed by atoms with van der Waals surface area (Å²) < 4.78 is 42.1. The lowest BCUT2D eigenvalue weighted by Crippen LogP contribution is -2.46. The van der Waals surface area contributed by atoms with E-state index in [1.807, 2.05) is 6.07 Å². The van der Waals surface area contributed by atoms with Crippen LogP contribution in [0.3, 0.4) is 0 Å². The number of rotatable bonds is 2. The largest absolute Gasteiger partial charge is 0.402 e. The summed E-state index contributed by atoms with van der Waals surface area (Å²) in [6, 6.07) is 8.82. The van der Waals surface area contributed by atoms with Crippen molar-refractivity contribution in [2.45, 2.75) is 18.0 Å². The third-order valence-corrected chi connectivity index (χ3v) is 3.71. The minimum atomic E-state index is -4.37. The molecule has 106 valence electrons. The molecule has 0 saturated carbocycles. The molecule has 7 heteroatoms. The van der Waals surface area contributed by atoms with Crippen LogP contribution in [0.15, 0.2) is 36.7 Å². The lowest BCUT2D eigenvalue weighted by atomic mass is 9.85. The zero-order valence-electron chi connectivity index (χ0n) is 10.6. The molecule has 1 saturated heterocycles. The number of para-hydroxylation sites is 1. The lowest BCUT2D eigenvalue weighted by molar-refractivity contribution is -0.187. The van der Waals surface area contributed by atoms with Gasteiger partial charge in [0, 0.05) is 12.2 Å². The Morgan fingerprint density at radius 1 is 1.20 bits per heavy atom. The molecule has 0 amide bonds. The molecule has 0 aliphatic carbocycles. The van der Waals surface area contributed by atoms with Gasteiger partial charge in [-0.1, -0.05) is 18.2 Å². The van der Waals surface area contributed by atoms with Crippen molar-refractivity contribution in [3.05, 3.63) is 42.5 Å². The van der Waals surface area contributed by atoms with Gasteiger partial charge in [-0.3, -0.25) is 4.57 Å². The molecular formula is C13H13F3N4. The van der Waals surface area contributed by atoms with Gasteiger partial charge in [0.2, 0.25) is 0 Å². The number of nitrogens with one attached hydrogen (secondary N) is 1. The van der Waals surface area contributed by atoms with E-state index < -0.39 is 11.6 Å². The van der Waals surface area contributed by atoms with Gasteiger partial charge in [-0.05, 0) is 25.1 Å². The Bertz CT molecular complexity index is 585. The van der Waals surface area contributed by atoms with E-state index in [0.717, 1.165) is 0 Å². The Morgan fingerprint density at radius 2 is 1.95 bits per heavy atom. The van der Waals surface area contributed by atoms with Gasteiger partial charge in [0.15, 0.2) is 5.82 Å². The molecule has 1 unspecified atom stereocenters. The van der Waals surface area contributed by atoms with Gasteiger partial charge in [-0.15, -0.1) is 10.2 Å². The summed E-state index contributed by atoms with van der Waals surface area (Å²) in [4.78, 5) is 0. The van der Waals surface area contributed by atoms with Crippen molar-refractivity contribution in [1.82, 2.24) is 20.1 Å². The fourth-order valence-electron chi connectivity index (χ4n) is 2.59. The van der Waals surface area contributed by atoms with Gasteiger partial charge in [-0.2, -0.15) is 13.2 Å². The number of benzene rings is 1. The standard InChI is InChI=1S/C13H13F3N4/c14-13(15,16)12(6-7-17-8-12)11-19-18-9-20(11)10-4-2-1-3-5-10/h1-5,9,17H,6-8H2. The van der Waals surface area contributed by atoms with Crippen LogP contribution < -0.4 is 5.32 Å². The number of aromatic nitrogens is 3. The number of alkyl halides is 3. The average Bonchev–Trinajstić information content (AvgIpc) is 3.08. The Morgan fingerprint density at radius 3 is 2.55 bits per heavy atom. The van der Waals surface area contributed by atoms with Gasteiger partial charge in [-0.25, -0.2) is 0 Å². The minimum absolute atomic E-state index is 0.0258. The van der Waals surface area contributed by atoms with Crippen molar-refractivity contribution in [1.29, 1.82) is 0 Å². The van der Waals surface area contributed by atoms with Crippen LogP contribution in [0.4, 0.5) is 13.2 Å². The monoisotopic (exact) mass is 282 g/mol. The molecular weight excluding hydrogens is 269 g/mol. The quantitative estimate of drug-likeness (QED) is 0.917. The third kappa shape index (κ3) is 1.89. The molecule has 1 fully saturated rings. The number of hydrogen-bond acceptors (Lipinski definition) is 3. The Balaban J connectivity index is 2.13. The Hall–Kier alpha value is -1.89. The van der Waals surface area contributed by atoms with Crippen LogP contribution >= 0.6 is 0 Å². The van der Waals surface area contributed by atoms with E-state index in [1.165, 1.54) is 10.9 Å². The van der Waals surface area contributed by atoms with E-state index in [-0.39, 0.29) is 18.8 Å². The molecule has 3 rings (SSSR count). The van der Waals surface area contributed by atoms with Crippen LogP contribution in [0.25, 0.3) is 5.69 Å². The lowest BCUT2D eigenvalue weighted by Gasteiger charge is -2.30. The number of halogens is 3. The molecule has 20 heavy (non-hydrogen) atoms. The zero-order chi connectivity index (χ0) is 14.2. The SMILES string of the molecule is FC(F)(F)C1(c2nncn2-c2ccccc2)CCNC1. The molecule has 1 aliphatic heterocycles. The second kappa shape index (κ2) is 4.59. The van der Waals surface area contributed by atoms with Crippen LogP contribution in [-0.2, 0) is 5.41 Å². The molecule has 0 spiro atoms. The van der Waals surface area contributed by atoms with Gasteiger partial charge < -0.3 is 5.32 Å². The van der Waals surface area contributed by atoms with E-state index in [4.69, 9.17) is 0 Å². The van der Waals surface area contributed by atoms with Gasteiger partial charge >= 0.3 is 6.18 Å². The first-order valence-electron chi connectivity index (χ1n) is 6.28. The molecule has 2 heterocycles. The highest BCUT2D eigenvalue weighted by atomic mass is 19.4. The molecule has 2 aromatic rings. The molecule has 1 aromatic heterocycles. The maximum Gasteiger partial charge on any atom is 0.402 e. The normalized spacial score (nSPS) is 23.1. The number of nitrogens with zero attached hydrogens (tertiary/aromatic N) is 3. The molecule has 1 aliphatic rings. The topological polar surface area (TPSA) is 42.7 Å². The molecule has 1 atom stereocenters. The summed E-state index contributed by atoms with van der Waals surface area (Å²) in [5, 5.41) is 10.2. The van der Waals surface area contributed by atoms with Gasteiger partial charge in [0.25, 0.3) is 0 Å². The predicted octanol–water partition coefficient (Wildman–Crippen LogP) is 2.06. The molecule has 1 N–H and O–H groups in total. The molecule has 1 aromatic carbocycles. The van der Waals surface area contributed by atoms with Crippen molar-refractivity contribution < 1.29 is 13.2 Å². The fraction of sp³-hybridized carbons (Fsp3) is 0.385. The molecule has 0 bridgehead atoms. The molecule has 0 radical (unpaired) electrons.